The fraction of sp³-hybridized carbons (Fsp3) is 0.500. The lowest BCUT2D eigenvalue weighted by molar-refractivity contribution is -0.138. The Morgan fingerprint density at radius 3 is 2.43 bits per heavy atom. The average molecular weight is 351 g/mol. The van der Waals surface area contributed by atoms with Gasteiger partial charge in [0.1, 0.15) is 0 Å². The van der Waals surface area contributed by atoms with Crippen LogP contribution in [0, 0.1) is 11.8 Å². The van der Waals surface area contributed by atoms with E-state index in [9.17, 15) is 9.59 Å². The standard InChI is InChI=1S/C16H19BrN2O2/c17-14-2-1-11-7-13(8-12(11)9-14)16(21)19-5-3-10(4-6-19)15(18)20/h1-2,9-10,13H,3-8H2,(H2,18,20). The topological polar surface area (TPSA) is 63.4 Å². The van der Waals surface area contributed by atoms with Gasteiger partial charge in [-0.15, -0.1) is 0 Å². The quantitative estimate of drug-likeness (QED) is 0.885. The fourth-order valence-electron chi connectivity index (χ4n) is 3.40. The first-order valence-corrected chi connectivity index (χ1v) is 8.19. The molecule has 1 heterocycles. The molecular formula is C16H19BrN2O2. The summed E-state index contributed by atoms with van der Waals surface area (Å²) in [7, 11) is 0. The summed E-state index contributed by atoms with van der Waals surface area (Å²) < 4.78 is 1.07. The fourth-order valence-corrected chi connectivity index (χ4v) is 3.81. The minimum atomic E-state index is -0.236. The van der Waals surface area contributed by atoms with E-state index in [0.29, 0.717) is 25.9 Å². The molecule has 112 valence electrons. The maximum absolute atomic E-state index is 12.6. The second-order valence-electron chi connectivity index (χ2n) is 6.02. The lowest BCUT2D eigenvalue weighted by Gasteiger charge is -2.32. The molecule has 2 amide bonds. The van der Waals surface area contributed by atoms with Crippen molar-refractivity contribution in [2.45, 2.75) is 25.7 Å². The summed E-state index contributed by atoms with van der Waals surface area (Å²) in [4.78, 5) is 25.7. The third-order valence-electron chi connectivity index (χ3n) is 4.66. The number of nitrogens with two attached hydrogens (primary N) is 1. The highest BCUT2D eigenvalue weighted by molar-refractivity contribution is 9.10. The maximum Gasteiger partial charge on any atom is 0.226 e. The van der Waals surface area contributed by atoms with Crippen LogP contribution in [-0.4, -0.2) is 29.8 Å². The number of hydrogen-bond donors (Lipinski definition) is 1. The summed E-state index contributed by atoms with van der Waals surface area (Å²) in [5.74, 6) is -0.0179. The van der Waals surface area contributed by atoms with Gasteiger partial charge in [-0.25, -0.2) is 0 Å². The highest BCUT2D eigenvalue weighted by Gasteiger charge is 2.33. The second-order valence-corrected chi connectivity index (χ2v) is 6.94. The molecule has 0 spiro atoms. The van der Waals surface area contributed by atoms with E-state index in [1.165, 1.54) is 11.1 Å². The van der Waals surface area contributed by atoms with Crippen molar-refractivity contribution in [3.05, 3.63) is 33.8 Å². The molecule has 1 aliphatic heterocycles. The van der Waals surface area contributed by atoms with Crippen molar-refractivity contribution in [2.24, 2.45) is 17.6 Å². The number of hydrogen-bond acceptors (Lipinski definition) is 2. The molecule has 1 saturated heterocycles. The Kier molecular flexibility index (Phi) is 4.02. The second kappa shape index (κ2) is 5.79. The van der Waals surface area contributed by atoms with Gasteiger partial charge in [0, 0.05) is 29.4 Å². The van der Waals surface area contributed by atoms with Gasteiger partial charge in [-0.05, 0) is 48.9 Å². The third kappa shape index (κ3) is 2.98. The van der Waals surface area contributed by atoms with Crippen LogP contribution in [0.3, 0.4) is 0 Å². The van der Waals surface area contributed by atoms with Crippen LogP contribution >= 0.6 is 15.9 Å². The van der Waals surface area contributed by atoms with Crippen LogP contribution in [0.15, 0.2) is 22.7 Å². The lowest BCUT2D eigenvalue weighted by Crippen LogP contribution is -2.44. The van der Waals surface area contributed by atoms with E-state index < -0.39 is 0 Å². The van der Waals surface area contributed by atoms with Crippen molar-refractivity contribution in [2.75, 3.05) is 13.1 Å². The van der Waals surface area contributed by atoms with Gasteiger partial charge in [-0.2, -0.15) is 0 Å². The van der Waals surface area contributed by atoms with E-state index in [1.54, 1.807) is 0 Å². The lowest BCUT2D eigenvalue weighted by atomic mass is 9.94. The van der Waals surface area contributed by atoms with Crippen LogP contribution < -0.4 is 5.73 Å². The molecule has 21 heavy (non-hydrogen) atoms. The predicted molar refractivity (Wildman–Crippen MR) is 83.5 cm³/mol. The molecule has 2 N–H and O–H groups in total. The number of primary amides is 1. The molecule has 1 aliphatic carbocycles. The third-order valence-corrected chi connectivity index (χ3v) is 5.15. The van der Waals surface area contributed by atoms with E-state index in [4.69, 9.17) is 5.73 Å². The normalized spacial score (nSPS) is 22.1. The Labute approximate surface area is 132 Å². The van der Waals surface area contributed by atoms with Gasteiger partial charge < -0.3 is 10.6 Å². The molecule has 1 atom stereocenters. The van der Waals surface area contributed by atoms with Crippen molar-refractivity contribution in [1.29, 1.82) is 0 Å². The Morgan fingerprint density at radius 2 is 1.76 bits per heavy atom. The number of amides is 2. The molecule has 4 nitrogen and oxygen atoms in total. The first kappa shape index (κ1) is 14.6. The zero-order valence-corrected chi connectivity index (χ0v) is 13.4. The van der Waals surface area contributed by atoms with Gasteiger partial charge in [0.25, 0.3) is 0 Å². The summed E-state index contributed by atoms with van der Waals surface area (Å²) in [6, 6.07) is 6.25. The highest BCUT2D eigenvalue weighted by atomic mass is 79.9. The monoisotopic (exact) mass is 350 g/mol. The SMILES string of the molecule is NC(=O)C1CCN(C(=O)C2Cc3ccc(Br)cc3C2)CC1. The van der Waals surface area contributed by atoms with Crippen LogP contribution in [0.2, 0.25) is 0 Å². The van der Waals surface area contributed by atoms with Crippen molar-refractivity contribution >= 4 is 27.7 Å². The molecular weight excluding hydrogens is 332 g/mol. The van der Waals surface area contributed by atoms with Gasteiger partial charge in [0.2, 0.25) is 11.8 Å². The minimum absolute atomic E-state index is 0.0550. The van der Waals surface area contributed by atoms with Crippen LogP contribution in [0.1, 0.15) is 24.0 Å². The molecule has 0 radical (unpaired) electrons. The number of piperidine rings is 1. The van der Waals surface area contributed by atoms with Crippen molar-refractivity contribution in [3.63, 3.8) is 0 Å². The van der Waals surface area contributed by atoms with Gasteiger partial charge >= 0.3 is 0 Å². The van der Waals surface area contributed by atoms with Crippen LogP contribution in [0.4, 0.5) is 0 Å². The van der Waals surface area contributed by atoms with Crippen molar-refractivity contribution < 1.29 is 9.59 Å². The number of nitrogens with zero attached hydrogens (tertiary/aromatic N) is 1. The molecule has 1 fully saturated rings. The summed E-state index contributed by atoms with van der Waals surface area (Å²) in [6.07, 6.45) is 3.05. The van der Waals surface area contributed by atoms with E-state index in [2.05, 4.69) is 28.1 Å². The van der Waals surface area contributed by atoms with Gasteiger partial charge in [0.05, 0.1) is 0 Å². The molecule has 1 unspecified atom stereocenters. The molecule has 2 aliphatic rings. The Balaban J connectivity index is 1.62. The molecule has 0 aromatic heterocycles. The maximum atomic E-state index is 12.6. The summed E-state index contributed by atoms with van der Waals surface area (Å²) in [5.41, 5.74) is 7.89. The minimum Gasteiger partial charge on any atom is -0.369 e. The van der Waals surface area contributed by atoms with Gasteiger partial charge in [-0.3, -0.25) is 9.59 Å². The number of likely N-dealkylation sites (tertiary alicyclic amines) is 1. The van der Waals surface area contributed by atoms with E-state index in [1.807, 2.05) is 11.0 Å². The summed E-state index contributed by atoms with van der Waals surface area (Å²) in [5, 5.41) is 0. The van der Waals surface area contributed by atoms with Crippen LogP contribution in [0.5, 0.6) is 0 Å². The number of fused-ring (bicyclic) bond motifs is 1. The first-order chi connectivity index (χ1) is 10.0. The van der Waals surface area contributed by atoms with Crippen molar-refractivity contribution in [1.82, 2.24) is 4.90 Å². The van der Waals surface area contributed by atoms with E-state index in [-0.39, 0.29) is 23.7 Å². The molecule has 1 aromatic carbocycles. The number of halogens is 1. The molecule has 0 bridgehead atoms. The predicted octanol–water partition coefficient (Wildman–Crippen LogP) is 1.89. The molecule has 5 heteroatoms. The summed E-state index contributed by atoms with van der Waals surface area (Å²) >= 11 is 3.48. The van der Waals surface area contributed by atoms with Gasteiger partial charge in [0.15, 0.2) is 0 Å². The average Bonchev–Trinajstić information content (AvgIpc) is 2.89. The van der Waals surface area contributed by atoms with Gasteiger partial charge in [-0.1, -0.05) is 22.0 Å². The Bertz CT molecular complexity index is 580. The molecule has 0 saturated carbocycles. The molecule has 3 rings (SSSR count). The van der Waals surface area contributed by atoms with Crippen LogP contribution in [-0.2, 0) is 22.4 Å². The van der Waals surface area contributed by atoms with E-state index >= 15 is 0 Å². The number of carbonyl (C=O) groups is 2. The largest absolute Gasteiger partial charge is 0.369 e. The van der Waals surface area contributed by atoms with E-state index in [0.717, 1.165) is 17.3 Å². The summed E-state index contributed by atoms with van der Waals surface area (Å²) in [6.45, 7) is 1.31. The highest BCUT2D eigenvalue weighted by Crippen LogP contribution is 2.31. The molecule has 1 aromatic rings. The van der Waals surface area contributed by atoms with Crippen molar-refractivity contribution in [3.8, 4) is 0 Å². The first-order valence-electron chi connectivity index (χ1n) is 7.40. The zero-order valence-electron chi connectivity index (χ0n) is 11.8. The Hall–Kier alpha value is -1.36. The number of rotatable bonds is 2. The zero-order chi connectivity index (χ0) is 15.0. The van der Waals surface area contributed by atoms with Crippen LogP contribution in [0.25, 0.3) is 0 Å². The smallest absolute Gasteiger partial charge is 0.226 e. The number of carbonyl (C=O) groups excluding carboxylic acids is 2. The number of benzene rings is 1. The Morgan fingerprint density at radius 1 is 1.10 bits per heavy atom.